The molecule has 0 aliphatic carbocycles. The summed E-state index contributed by atoms with van der Waals surface area (Å²) in [5.41, 5.74) is 3.69. The third-order valence-electron chi connectivity index (χ3n) is 5.42. The van der Waals surface area contributed by atoms with Gasteiger partial charge in [-0.1, -0.05) is 47.5 Å². The van der Waals surface area contributed by atoms with Crippen LogP contribution in [0.3, 0.4) is 0 Å². The predicted octanol–water partition coefficient (Wildman–Crippen LogP) is 7.55. The number of halogens is 3. The van der Waals surface area contributed by atoms with Crippen molar-refractivity contribution in [2.24, 2.45) is 0 Å². The monoisotopic (exact) mass is 599 g/mol. The Morgan fingerprint density at radius 3 is 2.70 bits per heavy atom. The van der Waals surface area contributed by atoms with E-state index in [1.165, 1.54) is 6.08 Å². The first kappa shape index (κ1) is 26.8. The lowest BCUT2D eigenvalue weighted by Crippen LogP contribution is -2.10. The smallest absolute Gasteiger partial charge is 0.249 e. The molecule has 0 saturated heterocycles. The van der Waals surface area contributed by atoms with E-state index in [-0.39, 0.29) is 5.91 Å². The molecule has 0 atom stereocenters. The van der Waals surface area contributed by atoms with E-state index in [0.29, 0.717) is 39.2 Å². The van der Waals surface area contributed by atoms with Crippen molar-refractivity contribution in [3.63, 3.8) is 0 Å². The van der Waals surface area contributed by atoms with Gasteiger partial charge in [0, 0.05) is 27.9 Å². The molecule has 1 N–H and O–H groups in total. The highest BCUT2D eigenvalue weighted by Crippen LogP contribution is 2.26. The van der Waals surface area contributed by atoms with Crippen LogP contribution in [0.5, 0.6) is 11.5 Å². The first-order valence-electron chi connectivity index (χ1n) is 11.3. The van der Waals surface area contributed by atoms with E-state index >= 15 is 0 Å². The highest BCUT2D eigenvalue weighted by Gasteiger charge is 2.11. The van der Waals surface area contributed by atoms with Crippen molar-refractivity contribution < 1.29 is 14.3 Å². The topological polar surface area (TPSA) is 65.4 Å². The van der Waals surface area contributed by atoms with Gasteiger partial charge >= 0.3 is 0 Å². The number of ether oxygens (including phenoxy) is 2. The molecule has 0 fully saturated rings. The molecule has 0 aliphatic heterocycles. The molecule has 4 aromatic rings. The summed E-state index contributed by atoms with van der Waals surface area (Å²) >= 11 is 15.7. The normalized spacial score (nSPS) is 11.1. The second-order valence-corrected chi connectivity index (χ2v) is 9.96. The van der Waals surface area contributed by atoms with Crippen LogP contribution in [0.2, 0.25) is 10.0 Å². The van der Waals surface area contributed by atoms with Gasteiger partial charge in [0.05, 0.1) is 18.1 Å². The molecule has 0 radical (unpaired) electrons. The number of rotatable bonds is 9. The van der Waals surface area contributed by atoms with Crippen molar-refractivity contribution in [1.82, 2.24) is 9.78 Å². The predicted molar refractivity (Wildman–Crippen MR) is 152 cm³/mol. The number of methoxy groups -OCH3 is 1. The van der Waals surface area contributed by atoms with E-state index in [2.05, 4.69) is 26.3 Å². The minimum atomic E-state index is -0.316. The van der Waals surface area contributed by atoms with Crippen LogP contribution in [0.4, 0.5) is 5.82 Å². The first-order valence-corrected chi connectivity index (χ1v) is 12.9. The number of nitrogens with one attached hydrogen (secondary N) is 1. The van der Waals surface area contributed by atoms with E-state index in [0.717, 1.165) is 28.0 Å². The standard InChI is InChI=1S/C28H24BrCl2N3O3/c1-18-4-3-5-23(12-18)37-17-21-13-19(6-10-26(21)36-2)7-11-27(35)32-28-24(29)16-34(33-28)15-20-8-9-22(30)14-25(20)31/h3-14,16H,15,17H2,1-2H3,(H,32,33,35)/b11-7+. The second-order valence-electron chi connectivity index (χ2n) is 8.26. The van der Waals surface area contributed by atoms with E-state index < -0.39 is 0 Å². The molecule has 0 spiro atoms. The Kier molecular flexibility index (Phi) is 8.92. The number of nitrogens with zero attached hydrogens (tertiary/aromatic N) is 2. The van der Waals surface area contributed by atoms with Gasteiger partial charge in [0.25, 0.3) is 0 Å². The number of benzene rings is 3. The zero-order chi connectivity index (χ0) is 26.4. The Labute approximate surface area is 233 Å². The summed E-state index contributed by atoms with van der Waals surface area (Å²) < 4.78 is 13.7. The van der Waals surface area contributed by atoms with Crippen molar-refractivity contribution in [2.75, 3.05) is 12.4 Å². The second kappa shape index (κ2) is 12.3. The number of anilines is 1. The number of aromatic nitrogens is 2. The number of hydrogen-bond donors (Lipinski definition) is 1. The summed E-state index contributed by atoms with van der Waals surface area (Å²) in [5, 5.41) is 8.35. The molecule has 6 nitrogen and oxygen atoms in total. The van der Waals surface area contributed by atoms with Gasteiger partial charge in [-0.3, -0.25) is 9.48 Å². The fourth-order valence-electron chi connectivity index (χ4n) is 3.60. The van der Waals surface area contributed by atoms with Gasteiger partial charge in [-0.15, -0.1) is 0 Å². The van der Waals surface area contributed by atoms with Gasteiger partial charge < -0.3 is 14.8 Å². The van der Waals surface area contributed by atoms with Crippen LogP contribution in [0.25, 0.3) is 6.08 Å². The SMILES string of the molecule is COc1ccc(/C=C/C(=O)Nc2nn(Cc3ccc(Cl)cc3Cl)cc2Br)cc1COc1cccc(C)c1. The molecule has 0 aliphatic rings. The lowest BCUT2D eigenvalue weighted by Gasteiger charge is -2.11. The van der Waals surface area contributed by atoms with E-state index in [4.69, 9.17) is 32.7 Å². The molecule has 0 unspecified atom stereocenters. The van der Waals surface area contributed by atoms with Crippen molar-refractivity contribution in [2.45, 2.75) is 20.1 Å². The maximum absolute atomic E-state index is 12.6. The van der Waals surface area contributed by atoms with Crippen molar-refractivity contribution in [3.05, 3.63) is 110 Å². The number of amides is 1. The average molecular weight is 601 g/mol. The lowest BCUT2D eigenvalue weighted by molar-refractivity contribution is -0.111. The highest BCUT2D eigenvalue weighted by molar-refractivity contribution is 9.10. The Hall–Kier alpha value is -3.26. The molecule has 1 amide bonds. The van der Waals surface area contributed by atoms with E-state index in [1.807, 2.05) is 55.5 Å². The highest BCUT2D eigenvalue weighted by atomic mass is 79.9. The molecule has 1 aromatic heterocycles. The molecule has 9 heteroatoms. The summed E-state index contributed by atoms with van der Waals surface area (Å²) in [6.07, 6.45) is 4.95. The fraction of sp³-hybridized carbons (Fsp3) is 0.143. The summed E-state index contributed by atoms with van der Waals surface area (Å²) in [6.45, 7) is 2.78. The molecule has 0 saturated carbocycles. The zero-order valence-electron chi connectivity index (χ0n) is 20.2. The minimum absolute atomic E-state index is 0.316. The molecule has 190 valence electrons. The summed E-state index contributed by atoms with van der Waals surface area (Å²) in [4.78, 5) is 12.6. The maximum atomic E-state index is 12.6. The molecular weight excluding hydrogens is 577 g/mol. The van der Waals surface area contributed by atoms with Gasteiger partial charge in [0.15, 0.2) is 5.82 Å². The molecular formula is C28H24BrCl2N3O3. The van der Waals surface area contributed by atoms with Crippen LogP contribution in [0.1, 0.15) is 22.3 Å². The molecule has 0 bridgehead atoms. The van der Waals surface area contributed by atoms with Crippen LogP contribution < -0.4 is 14.8 Å². The molecule has 4 rings (SSSR count). The largest absolute Gasteiger partial charge is 0.496 e. The van der Waals surface area contributed by atoms with Crippen LogP contribution in [-0.4, -0.2) is 22.8 Å². The fourth-order valence-corrected chi connectivity index (χ4v) is 4.48. The Morgan fingerprint density at radius 1 is 1.11 bits per heavy atom. The number of aryl methyl sites for hydroxylation is 1. The number of hydrogen-bond acceptors (Lipinski definition) is 4. The van der Waals surface area contributed by atoms with Crippen LogP contribution >= 0.6 is 39.1 Å². The Balaban J connectivity index is 1.40. The summed E-state index contributed by atoms with van der Waals surface area (Å²) in [5.74, 6) is 1.58. The summed E-state index contributed by atoms with van der Waals surface area (Å²) in [6, 6.07) is 18.8. The van der Waals surface area contributed by atoms with Crippen LogP contribution in [0, 0.1) is 6.92 Å². The quantitative estimate of drug-likeness (QED) is 0.201. The van der Waals surface area contributed by atoms with Gasteiger partial charge in [-0.2, -0.15) is 5.10 Å². The van der Waals surface area contributed by atoms with Crippen molar-refractivity contribution in [1.29, 1.82) is 0 Å². The first-order chi connectivity index (χ1) is 17.8. The van der Waals surface area contributed by atoms with E-state index in [9.17, 15) is 4.79 Å². The Bertz CT molecular complexity index is 1450. The van der Waals surface area contributed by atoms with Gasteiger partial charge in [-0.25, -0.2) is 0 Å². The van der Waals surface area contributed by atoms with Gasteiger partial charge in [0.2, 0.25) is 5.91 Å². The minimum Gasteiger partial charge on any atom is -0.496 e. The molecule has 1 heterocycles. The van der Waals surface area contributed by atoms with Crippen molar-refractivity contribution >= 4 is 56.9 Å². The third kappa shape index (κ3) is 7.38. The van der Waals surface area contributed by atoms with Crippen molar-refractivity contribution in [3.8, 4) is 11.5 Å². The average Bonchev–Trinajstić information content (AvgIpc) is 3.21. The Morgan fingerprint density at radius 2 is 1.95 bits per heavy atom. The molecule has 3 aromatic carbocycles. The van der Waals surface area contributed by atoms with Crippen LogP contribution in [0.15, 0.2) is 77.4 Å². The number of carbonyl (C=O) groups excluding carboxylic acids is 1. The molecule has 37 heavy (non-hydrogen) atoms. The van der Waals surface area contributed by atoms with Gasteiger partial charge in [0.1, 0.15) is 18.1 Å². The van der Waals surface area contributed by atoms with Crippen LogP contribution in [-0.2, 0) is 17.9 Å². The van der Waals surface area contributed by atoms with Gasteiger partial charge in [-0.05, 0) is 82.0 Å². The lowest BCUT2D eigenvalue weighted by atomic mass is 10.1. The van der Waals surface area contributed by atoms with E-state index in [1.54, 1.807) is 36.2 Å². The third-order valence-corrected chi connectivity index (χ3v) is 6.59. The maximum Gasteiger partial charge on any atom is 0.249 e. The number of carbonyl (C=O) groups is 1. The summed E-state index contributed by atoms with van der Waals surface area (Å²) in [7, 11) is 1.62. The zero-order valence-corrected chi connectivity index (χ0v) is 23.3.